The maximum absolute atomic E-state index is 12.0. The van der Waals surface area contributed by atoms with Crippen LogP contribution in [0.4, 0.5) is 0 Å². The first kappa shape index (κ1) is 18.6. The fraction of sp³-hybridized carbons (Fsp3) is 0.150. The van der Waals surface area contributed by atoms with Gasteiger partial charge in [0.2, 0.25) is 11.8 Å². The maximum atomic E-state index is 12.0. The third-order valence-electron chi connectivity index (χ3n) is 3.84. The number of nitrogens with one attached hydrogen (secondary N) is 1. The van der Waals surface area contributed by atoms with Crippen LogP contribution < -0.4 is 5.32 Å². The van der Waals surface area contributed by atoms with Gasteiger partial charge in [-0.3, -0.25) is 9.59 Å². The van der Waals surface area contributed by atoms with E-state index in [-0.39, 0.29) is 18.4 Å². The second-order valence-corrected chi connectivity index (χ2v) is 6.98. The van der Waals surface area contributed by atoms with Crippen LogP contribution in [0.1, 0.15) is 5.56 Å². The number of hydrogen-bond acceptors (Lipinski definition) is 4. The number of para-hydroxylation sites is 1. The molecule has 3 aromatic rings. The van der Waals surface area contributed by atoms with Crippen LogP contribution in [0.15, 0.2) is 60.1 Å². The first-order valence-corrected chi connectivity index (χ1v) is 9.27. The smallest absolute Gasteiger partial charge is 0.244 e. The molecule has 2 amide bonds. The molecule has 1 aromatic carbocycles. The average molecular weight is 380 g/mol. The van der Waals surface area contributed by atoms with E-state index >= 15 is 0 Å². The summed E-state index contributed by atoms with van der Waals surface area (Å²) in [6.45, 7) is -0.0305. The van der Waals surface area contributed by atoms with Gasteiger partial charge < -0.3 is 10.2 Å². The summed E-state index contributed by atoms with van der Waals surface area (Å²) >= 11 is 1.59. The van der Waals surface area contributed by atoms with Crippen molar-refractivity contribution >= 4 is 29.2 Å². The summed E-state index contributed by atoms with van der Waals surface area (Å²) < 4.78 is 1.79. The summed E-state index contributed by atoms with van der Waals surface area (Å²) in [7, 11) is 3.30. The highest BCUT2D eigenvalue weighted by atomic mass is 32.1. The molecular formula is C20H20N4O2S. The Morgan fingerprint density at radius 1 is 1.19 bits per heavy atom. The summed E-state index contributed by atoms with van der Waals surface area (Å²) in [5, 5.41) is 9.26. The maximum Gasteiger partial charge on any atom is 0.244 e. The first-order valence-electron chi connectivity index (χ1n) is 8.39. The van der Waals surface area contributed by atoms with E-state index in [0.717, 1.165) is 21.8 Å². The van der Waals surface area contributed by atoms with Crippen LogP contribution >= 0.6 is 11.3 Å². The van der Waals surface area contributed by atoms with E-state index in [1.807, 2.05) is 54.0 Å². The molecular weight excluding hydrogens is 360 g/mol. The molecule has 0 fully saturated rings. The largest absolute Gasteiger partial charge is 0.347 e. The van der Waals surface area contributed by atoms with Gasteiger partial charge in [0.05, 0.1) is 17.1 Å². The van der Waals surface area contributed by atoms with Gasteiger partial charge in [0, 0.05) is 31.9 Å². The number of nitrogens with zero attached hydrogens (tertiary/aromatic N) is 3. The van der Waals surface area contributed by atoms with Crippen LogP contribution in [-0.2, 0) is 9.59 Å². The number of likely N-dealkylation sites (N-methyl/N-ethyl adjacent to an activating group) is 1. The van der Waals surface area contributed by atoms with Gasteiger partial charge in [-0.2, -0.15) is 5.10 Å². The molecule has 27 heavy (non-hydrogen) atoms. The summed E-state index contributed by atoms with van der Waals surface area (Å²) in [4.78, 5) is 26.0. The molecule has 0 unspecified atom stereocenters. The van der Waals surface area contributed by atoms with Gasteiger partial charge in [0.15, 0.2) is 0 Å². The topological polar surface area (TPSA) is 67.2 Å². The highest BCUT2D eigenvalue weighted by Crippen LogP contribution is 2.28. The summed E-state index contributed by atoms with van der Waals surface area (Å²) in [6.07, 6.45) is 5.03. The normalized spacial score (nSPS) is 10.9. The minimum Gasteiger partial charge on any atom is -0.347 e. The Morgan fingerprint density at radius 2 is 1.96 bits per heavy atom. The van der Waals surface area contributed by atoms with Crippen LogP contribution in [0.2, 0.25) is 0 Å². The molecule has 0 aliphatic carbocycles. The molecule has 7 heteroatoms. The molecule has 0 spiro atoms. The molecule has 138 valence electrons. The molecule has 0 aliphatic heterocycles. The molecule has 1 N–H and O–H groups in total. The number of carbonyl (C=O) groups is 2. The SMILES string of the molecule is CN(C)C(=O)CNC(=O)/C=C/c1cn(-c2ccccc2)nc1-c1cccs1. The zero-order valence-electron chi connectivity index (χ0n) is 15.1. The number of aromatic nitrogens is 2. The molecule has 2 aromatic heterocycles. The Kier molecular flexibility index (Phi) is 5.83. The van der Waals surface area contributed by atoms with Crippen molar-refractivity contribution in [2.75, 3.05) is 20.6 Å². The lowest BCUT2D eigenvalue weighted by Gasteiger charge is -2.09. The van der Waals surface area contributed by atoms with E-state index in [9.17, 15) is 9.59 Å². The number of amides is 2. The van der Waals surface area contributed by atoms with E-state index in [4.69, 9.17) is 0 Å². The standard InChI is InChI=1S/C20H20N4O2S/c1-23(2)19(26)13-21-18(25)11-10-15-14-24(16-7-4-3-5-8-16)22-20(15)17-9-6-12-27-17/h3-12,14H,13H2,1-2H3,(H,21,25)/b11-10+. The van der Waals surface area contributed by atoms with E-state index in [2.05, 4.69) is 10.4 Å². The van der Waals surface area contributed by atoms with Gasteiger partial charge in [0.25, 0.3) is 0 Å². The number of hydrogen-bond donors (Lipinski definition) is 1. The molecule has 6 nitrogen and oxygen atoms in total. The van der Waals surface area contributed by atoms with Gasteiger partial charge in [-0.1, -0.05) is 24.3 Å². The molecule has 0 aliphatic rings. The van der Waals surface area contributed by atoms with Crippen LogP contribution in [0, 0.1) is 0 Å². The van der Waals surface area contributed by atoms with Crippen molar-refractivity contribution in [3.63, 3.8) is 0 Å². The van der Waals surface area contributed by atoms with Crippen molar-refractivity contribution in [2.45, 2.75) is 0 Å². The van der Waals surface area contributed by atoms with Crippen molar-refractivity contribution in [3.05, 3.63) is 65.7 Å². The predicted octanol–water partition coefficient (Wildman–Crippen LogP) is 2.82. The second kappa shape index (κ2) is 8.46. The average Bonchev–Trinajstić information content (AvgIpc) is 3.34. The van der Waals surface area contributed by atoms with E-state index in [0.29, 0.717) is 0 Å². The highest BCUT2D eigenvalue weighted by Gasteiger charge is 2.12. The van der Waals surface area contributed by atoms with Crippen molar-refractivity contribution in [1.82, 2.24) is 20.0 Å². The lowest BCUT2D eigenvalue weighted by molar-refractivity contribution is -0.129. The van der Waals surface area contributed by atoms with Gasteiger partial charge in [-0.15, -0.1) is 11.3 Å². The third-order valence-corrected chi connectivity index (χ3v) is 4.72. The zero-order chi connectivity index (χ0) is 19.2. The number of rotatable bonds is 6. The lowest BCUT2D eigenvalue weighted by Crippen LogP contribution is -2.35. The Morgan fingerprint density at radius 3 is 2.63 bits per heavy atom. The Labute approximate surface area is 161 Å². The van der Waals surface area contributed by atoms with Gasteiger partial charge in [0.1, 0.15) is 5.69 Å². The number of benzene rings is 1. The summed E-state index contributed by atoms with van der Waals surface area (Å²) in [6, 6.07) is 13.8. The Balaban J connectivity index is 1.82. The molecule has 0 saturated carbocycles. The minimum absolute atomic E-state index is 0.0305. The van der Waals surface area contributed by atoms with Gasteiger partial charge in [-0.05, 0) is 29.7 Å². The second-order valence-electron chi connectivity index (χ2n) is 6.03. The van der Waals surface area contributed by atoms with Gasteiger partial charge >= 0.3 is 0 Å². The van der Waals surface area contributed by atoms with E-state index in [1.165, 1.54) is 11.0 Å². The molecule has 2 heterocycles. The van der Waals surface area contributed by atoms with E-state index in [1.54, 1.807) is 36.2 Å². The van der Waals surface area contributed by atoms with Crippen LogP contribution in [0.25, 0.3) is 22.3 Å². The lowest BCUT2D eigenvalue weighted by atomic mass is 10.2. The molecule has 0 bridgehead atoms. The molecule has 0 radical (unpaired) electrons. The van der Waals surface area contributed by atoms with Gasteiger partial charge in [-0.25, -0.2) is 4.68 Å². The number of carbonyl (C=O) groups excluding carboxylic acids is 2. The minimum atomic E-state index is -0.324. The molecule has 0 atom stereocenters. The number of thiophene rings is 1. The summed E-state index contributed by atoms with van der Waals surface area (Å²) in [5.41, 5.74) is 2.58. The predicted molar refractivity (Wildman–Crippen MR) is 108 cm³/mol. The Hall–Kier alpha value is -3.19. The fourth-order valence-corrected chi connectivity index (χ4v) is 3.10. The highest BCUT2D eigenvalue weighted by molar-refractivity contribution is 7.13. The Bertz CT molecular complexity index is 944. The quantitative estimate of drug-likeness (QED) is 0.669. The molecule has 0 saturated heterocycles. The summed E-state index contributed by atoms with van der Waals surface area (Å²) in [5.74, 6) is -0.484. The van der Waals surface area contributed by atoms with Crippen molar-refractivity contribution in [1.29, 1.82) is 0 Å². The first-order chi connectivity index (χ1) is 13.0. The van der Waals surface area contributed by atoms with Crippen LogP contribution in [0.3, 0.4) is 0 Å². The third kappa shape index (κ3) is 4.71. The van der Waals surface area contributed by atoms with E-state index < -0.39 is 0 Å². The molecule has 3 rings (SSSR count). The van der Waals surface area contributed by atoms with Crippen molar-refractivity contribution in [2.24, 2.45) is 0 Å². The zero-order valence-corrected chi connectivity index (χ0v) is 15.9. The monoisotopic (exact) mass is 380 g/mol. The fourth-order valence-electron chi connectivity index (χ4n) is 2.37. The van der Waals surface area contributed by atoms with Crippen molar-refractivity contribution in [3.8, 4) is 16.3 Å². The van der Waals surface area contributed by atoms with Crippen LogP contribution in [-0.4, -0.2) is 47.1 Å². The van der Waals surface area contributed by atoms with Crippen LogP contribution in [0.5, 0.6) is 0 Å². The van der Waals surface area contributed by atoms with Crippen molar-refractivity contribution < 1.29 is 9.59 Å².